The largest absolute Gasteiger partial charge is 0.491 e. The smallest absolute Gasteiger partial charge is 0.227 e. The van der Waals surface area contributed by atoms with Crippen LogP contribution in [0.1, 0.15) is 13.3 Å². The topological polar surface area (TPSA) is 104 Å². The number of likely N-dealkylation sites (N-methyl/N-ethyl adjacent to an activating group) is 1. The molecule has 2 aromatic carbocycles. The number of nitrogens with one attached hydrogen (secondary N) is 3. The van der Waals surface area contributed by atoms with Crippen molar-refractivity contribution in [3.05, 3.63) is 52.7 Å². The van der Waals surface area contributed by atoms with E-state index >= 15 is 0 Å². The molecular formula is C27H38FN5O4. The van der Waals surface area contributed by atoms with Gasteiger partial charge in [0.2, 0.25) is 5.91 Å². The summed E-state index contributed by atoms with van der Waals surface area (Å²) in [6.45, 7) is 7.88. The van der Waals surface area contributed by atoms with Gasteiger partial charge in [0.15, 0.2) is 0 Å². The lowest BCUT2D eigenvalue weighted by atomic mass is 10.2. The normalized spacial score (nSPS) is 11.4. The van der Waals surface area contributed by atoms with Gasteiger partial charge < -0.3 is 35.1 Å². The zero-order valence-electron chi connectivity index (χ0n) is 22.3. The molecular weight excluding hydrogens is 477 g/mol. The third-order valence-corrected chi connectivity index (χ3v) is 4.78. The summed E-state index contributed by atoms with van der Waals surface area (Å²) in [5, 5.41) is 9.60. The van der Waals surface area contributed by atoms with E-state index in [-0.39, 0.29) is 12.3 Å². The number of benzene rings is 2. The van der Waals surface area contributed by atoms with Crippen LogP contribution < -0.4 is 31.1 Å². The van der Waals surface area contributed by atoms with Crippen molar-refractivity contribution in [3.8, 4) is 5.75 Å². The zero-order valence-corrected chi connectivity index (χ0v) is 22.3. The van der Waals surface area contributed by atoms with E-state index in [1.165, 1.54) is 6.07 Å². The standard InChI is InChI=1S/C20H24FN3O2.C7H14N2O2/c1-5-23-20(24-16-8-6-15(22-3)7-9-16)19-14(2)12-17(13-18(19)21)26-11-10-25-4;1-9(2)5-4-8-7(11)3-6-10/h5-9,12-13,22,24H,2,10-11H2,1,3-4H3;6H,3-5H2,1-2H3,(H,8,11)/b20-19-,23-5-;. The van der Waals surface area contributed by atoms with Gasteiger partial charge in [-0.3, -0.25) is 4.79 Å². The number of hydrogen-bond acceptors (Lipinski definition) is 8. The van der Waals surface area contributed by atoms with Crippen LogP contribution in [0.4, 0.5) is 15.8 Å². The van der Waals surface area contributed by atoms with Crippen LogP contribution in [0.2, 0.25) is 0 Å². The van der Waals surface area contributed by atoms with E-state index in [1.807, 2.05) is 50.3 Å². The average molecular weight is 516 g/mol. The van der Waals surface area contributed by atoms with Crippen LogP contribution in [0.3, 0.4) is 0 Å². The maximum Gasteiger partial charge on any atom is 0.227 e. The first-order valence-corrected chi connectivity index (χ1v) is 11.8. The monoisotopic (exact) mass is 515 g/mol. The van der Waals surface area contributed by atoms with Gasteiger partial charge in [0, 0.05) is 50.9 Å². The average Bonchev–Trinajstić information content (AvgIpc) is 2.85. The Morgan fingerprint density at radius 1 is 1.16 bits per heavy atom. The number of carbonyl (C=O) groups is 2. The second-order valence-electron chi connectivity index (χ2n) is 7.99. The molecule has 9 nitrogen and oxygen atoms in total. The number of aldehydes is 1. The van der Waals surface area contributed by atoms with E-state index in [0.29, 0.717) is 48.1 Å². The maximum atomic E-state index is 14.7. The van der Waals surface area contributed by atoms with Crippen molar-refractivity contribution in [2.24, 2.45) is 4.99 Å². The summed E-state index contributed by atoms with van der Waals surface area (Å²) in [5.41, 5.74) is 1.78. The predicted octanol–water partition coefficient (Wildman–Crippen LogP) is 1.82. The minimum Gasteiger partial charge on any atom is -0.491 e. The second kappa shape index (κ2) is 17.6. The predicted molar refractivity (Wildman–Crippen MR) is 148 cm³/mol. The molecule has 2 rings (SSSR count). The Bertz CT molecular complexity index is 1120. The van der Waals surface area contributed by atoms with Crippen molar-refractivity contribution >= 4 is 42.2 Å². The fourth-order valence-electron chi connectivity index (χ4n) is 2.94. The third kappa shape index (κ3) is 12.2. The van der Waals surface area contributed by atoms with Crippen molar-refractivity contribution in [3.63, 3.8) is 0 Å². The SMILES string of the molecule is C=c1cc(OCCOC)cc(F)/c1=C(/N=C\C)Nc1ccc(NC)cc1.CN(C)CCNC(=O)CC=O. The number of amides is 1. The minimum absolute atomic E-state index is 0.0343. The first kappa shape index (κ1) is 31.3. The van der Waals surface area contributed by atoms with E-state index in [0.717, 1.165) is 17.9 Å². The fraction of sp³-hybridized carbons (Fsp3) is 0.370. The summed E-state index contributed by atoms with van der Waals surface area (Å²) in [4.78, 5) is 26.7. The van der Waals surface area contributed by atoms with Crippen molar-refractivity contribution < 1.29 is 23.5 Å². The first-order valence-electron chi connectivity index (χ1n) is 11.8. The molecule has 0 bridgehead atoms. The Hall–Kier alpha value is -3.76. The van der Waals surface area contributed by atoms with Crippen LogP contribution in [0.25, 0.3) is 12.4 Å². The molecule has 0 saturated carbocycles. The van der Waals surface area contributed by atoms with E-state index in [9.17, 15) is 14.0 Å². The van der Waals surface area contributed by atoms with Gasteiger partial charge in [0.1, 0.15) is 30.3 Å². The molecule has 0 fully saturated rings. The van der Waals surface area contributed by atoms with Crippen LogP contribution in [0.15, 0.2) is 41.4 Å². The van der Waals surface area contributed by atoms with Gasteiger partial charge >= 0.3 is 0 Å². The first-order chi connectivity index (χ1) is 17.7. The van der Waals surface area contributed by atoms with Crippen LogP contribution in [0, 0.1) is 5.82 Å². The molecule has 10 heteroatoms. The Morgan fingerprint density at radius 2 is 1.84 bits per heavy atom. The van der Waals surface area contributed by atoms with Crippen molar-refractivity contribution in [2.75, 3.05) is 65.2 Å². The molecule has 0 aromatic heterocycles. The number of aliphatic imine (C=N–C) groups is 1. The molecule has 0 aliphatic carbocycles. The van der Waals surface area contributed by atoms with Crippen molar-refractivity contribution in [1.29, 1.82) is 0 Å². The zero-order chi connectivity index (χ0) is 27.6. The van der Waals surface area contributed by atoms with Crippen LogP contribution >= 0.6 is 0 Å². The number of hydrogen-bond donors (Lipinski definition) is 3. The van der Waals surface area contributed by atoms with Crippen LogP contribution in [-0.2, 0) is 14.3 Å². The highest BCUT2D eigenvalue weighted by Gasteiger charge is 2.07. The third-order valence-electron chi connectivity index (χ3n) is 4.78. The lowest BCUT2D eigenvalue weighted by Gasteiger charge is -2.10. The number of nitrogens with zero attached hydrogens (tertiary/aromatic N) is 2. The molecule has 3 N–H and O–H groups in total. The number of rotatable bonds is 13. The van der Waals surface area contributed by atoms with Crippen LogP contribution in [0.5, 0.6) is 5.75 Å². The molecule has 0 heterocycles. The lowest BCUT2D eigenvalue weighted by molar-refractivity contribution is -0.123. The molecule has 0 atom stereocenters. The van der Waals surface area contributed by atoms with E-state index < -0.39 is 5.82 Å². The van der Waals surface area contributed by atoms with Gasteiger partial charge in [0.05, 0.1) is 18.2 Å². The van der Waals surface area contributed by atoms with Gasteiger partial charge in [-0.2, -0.15) is 0 Å². The summed E-state index contributed by atoms with van der Waals surface area (Å²) in [5.74, 6) is 0.133. The maximum absolute atomic E-state index is 14.7. The van der Waals surface area contributed by atoms with Gasteiger partial charge in [-0.1, -0.05) is 6.58 Å². The Labute approximate surface area is 218 Å². The summed E-state index contributed by atoms with van der Waals surface area (Å²) in [7, 11) is 7.28. The summed E-state index contributed by atoms with van der Waals surface area (Å²) >= 11 is 0. The number of ether oxygens (including phenoxy) is 2. The van der Waals surface area contributed by atoms with Gasteiger partial charge in [-0.15, -0.1) is 0 Å². The van der Waals surface area contributed by atoms with Gasteiger partial charge in [-0.25, -0.2) is 9.38 Å². The Kier molecular flexibility index (Phi) is 14.9. The lowest BCUT2D eigenvalue weighted by Crippen LogP contribution is -2.31. The molecule has 1 amide bonds. The quantitative estimate of drug-likeness (QED) is 0.162. The van der Waals surface area contributed by atoms with E-state index in [4.69, 9.17) is 9.47 Å². The molecule has 0 radical (unpaired) electrons. The van der Waals surface area contributed by atoms with Crippen molar-refractivity contribution in [2.45, 2.75) is 13.3 Å². The fourth-order valence-corrected chi connectivity index (χ4v) is 2.94. The highest BCUT2D eigenvalue weighted by atomic mass is 19.1. The van der Waals surface area contributed by atoms with E-state index in [1.54, 1.807) is 26.3 Å². The second-order valence-corrected chi connectivity index (χ2v) is 7.99. The van der Waals surface area contributed by atoms with Crippen LogP contribution in [-0.4, -0.2) is 77.9 Å². The molecule has 0 aliphatic rings. The Balaban J connectivity index is 0.000000525. The molecule has 37 heavy (non-hydrogen) atoms. The Morgan fingerprint density at radius 3 is 2.38 bits per heavy atom. The van der Waals surface area contributed by atoms with Gasteiger partial charge in [0.25, 0.3) is 0 Å². The number of halogens is 1. The highest BCUT2D eigenvalue weighted by Crippen LogP contribution is 2.15. The highest BCUT2D eigenvalue weighted by molar-refractivity contribution is 5.87. The molecule has 0 spiro atoms. The number of methoxy groups -OCH3 is 1. The molecule has 202 valence electrons. The van der Waals surface area contributed by atoms with E-state index in [2.05, 4.69) is 27.5 Å². The summed E-state index contributed by atoms with van der Waals surface area (Å²) in [6, 6.07) is 10.6. The molecule has 0 unspecified atom stereocenters. The molecule has 0 saturated heterocycles. The molecule has 0 aliphatic heterocycles. The van der Waals surface area contributed by atoms with Crippen molar-refractivity contribution in [1.82, 2.24) is 10.2 Å². The minimum atomic E-state index is -0.454. The summed E-state index contributed by atoms with van der Waals surface area (Å²) < 4.78 is 25.1. The van der Waals surface area contributed by atoms with Gasteiger partial charge in [-0.05, 0) is 56.6 Å². The molecule has 2 aromatic rings. The number of carbonyl (C=O) groups excluding carboxylic acids is 2. The number of anilines is 2. The summed E-state index contributed by atoms with van der Waals surface area (Å²) in [6.07, 6.45) is 2.17.